The van der Waals surface area contributed by atoms with Crippen molar-refractivity contribution in [3.63, 3.8) is 0 Å². The van der Waals surface area contributed by atoms with Gasteiger partial charge in [-0.1, -0.05) is 36.4 Å². The maximum atomic E-state index is 13.0. The van der Waals surface area contributed by atoms with Crippen molar-refractivity contribution in [3.05, 3.63) is 63.7 Å². The van der Waals surface area contributed by atoms with Gasteiger partial charge in [-0.2, -0.15) is 0 Å². The molecule has 2 amide bonds. The van der Waals surface area contributed by atoms with Crippen molar-refractivity contribution in [2.24, 2.45) is 0 Å². The smallest absolute Gasteiger partial charge is 0.342 e. The monoisotopic (exact) mass is 454 g/mol. The van der Waals surface area contributed by atoms with Crippen LogP contribution in [0.4, 0.5) is 5.00 Å². The third kappa shape index (κ3) is 5.03. The number of esters is 1. The standard InChI is InChI=1S/C23H22N2O4S2/c26-19(25-11-5-2-6-12-25)14-29-23(28)20-17(16-8-3-1-4-9-16)15-31-22(20)24-21(27)18-10-7-13-30-18/h1,3-4,7-10,13,15H,2,5-6,11-12,14H2,(H,24,27). The second-order valence-corrected chi connectivity index (χ2v) is 9.00. The second kappa shape index (κ2) is 9.89. The highest BCUT2D eigenvalue weighted by Gasteiger charge is 2.25. The molecule has 1 aliphatic heterocycles. The van der Waals surface area contributed by atoms with E-state index in [-0.39, 0.29) is 24.0 Å². The Morgan fingerprint density at radius 2 is 1.74 bits per heavy atom. The van der Waals surface area contributed by atoms with Crippen molar-refractivity contribution in [2.75, 3.05) is 25.0 Å². The van der Waals surface area contributed by atoms with Crippen molar-refractivity contribution < 1.29 is 19.1 Å². The van der Waals surface area contributed by atoms with Crippen LogP contribution < -0.4 is 5.32 Å². The topological polar surface area (TPSA) is 75.7 Å². The molecule has 0 spiro atoms. The lowest BCUT2D eigenvalue weighted by molar-refractivity contribution is -0.135. The number of ether oxygens (including phenoxy) is 1. The van der Waals surface area contributed by atoms with Crippen LogP contribution in [-0.2, 0) is 9.53 Å². The number of thiophene rings is 2. The largest absolute Gasteiger partial charge is 0.452 e. The SMILES string of the molecule is O=C(Nc1scc(-c2ccccc2)c1C(=O)OCC(=O)N1CCCCC1)c1cccs1. The molecule has 0 saturated carbocycles. The van der Waals surface area contributed by atoms with Gasteiger partial charge in [-0.3, -0.25) is 9.59 Å². The lowest BCUT2D eigenvalue weighted by Crippen LogP contribution is -2.38. The van der Waals surface area contributed by atoms with E-state index >= 15 is 0 Å². The first-order valence-electron chi connectivity index (χ1n) is 10.1. The molecule has 0 bridgehead atoms. The number of hydrogen-bond acceptors (Lipinski definition) is 6. The van der Waals surface area contributed by atoms with E-state index in [1.54, 1.807) is 17.0 Å². The number of hydrogen-bond donors (Lipinski definition) is 1. The Kier molecular flexibility index (Phi) is 6.79. The summed E-state index contributed by atoms with van der Waals surface area (Å²) in [6.07, 6.45) is 3.06. The van der Waals surface area contributed by atoms with E-state index in [4.69, 9.17) is 4.74 Å². The molecule has 160 valence electrons. The van der Waals surface area contributed by atoms with Crippen molar-refractivity contribution in [1.29, 1.82) is 0 Å². The third-order valence-electron chi connectivity index (χ3n) is 5.09. The number of piperidine rings is 1. The first-order valence-corrected chi connectivity index (χ1v) is 11.9. The summed E-state index contributed by atoms with van der Waals surface area (Å²) in [7, 11) is 0. The highest BCUT2D eigenvalue weighted by molar-refractivity contribution is 7.15. The van der Waals surface area contributed by atoms with Crippen LogP contribution in [0.15, 0.2) is 53.2 Å². The molecule has 1 fully saturated rings. The Hall–Kier alpha value is -2.97. The van der Waals surface area contributed by atoms with Crippen molar-refractivity contribution in [1.82, 2.24) is 4.90 Å². The second-order valence-electron chi connectivity index (χ2n) is 7.17. The van der Waals surface area contributed by atoms with Gasteiger partial charge in [-0.05, 0) is 36.3 Å². The lowest BCUT2D eigenvalue weighted by Gasteiger charge is -2.26. The Labute approximate surface area is 188 Å². The van der Waals surface area contributed by atoms with Gasteiger partial charge in [0.15, 0.2) is 6.61 Å². The van der Waals surface area contributed by atoms with Crippen LogP contribution in [0.5, 0.6) is 0 Å². The van der Waals surface area contributed by atoms with Gasteiger partial charge in [0.2, 0.25) is 0 Å². The van der Waals surface area contributed by atoms with Gasteiger partial charge < -0.3 is 15.0 Å². The van der Waals surface area contributed by atoms with Crippen LogP contribution in [0, 0.1) is 0 Å². The molecule has 1 aliphatic rings. The van der Waals surface area contributed by atoms with Crippen molar-refractivity contribution in [3.8, 4) is 11.1 Å². The zero-order chi connectivity index (χ0) is 21.6. The molecule has 3 aromatic rings. The molecule has 31 heavy (non-hydrogen) atoms. The molecule has 3 heterocycles. The normalized spacial score (nSPS) is 13.6. The van der Waals surface area contributed by atoms with Crippen LogP contribution in [-0.4, -0.2) is 42.4 Å². The molecular weight excluding hydrogens is 432 g/mol. The number of benzene rings is 1. The fourth-order valence-electron chi connectivity index (χ4n) is 3.49. The summed E-state index contributed by atoms with van der Waals surface area (Å²) in [4.78, 5) is 40.3. The fraction of sp³-hybridized carbons (Fsp3) is 0.261. The molecule has 0 atom stereocenters. The Morgan fingerprint density at radius 3 is 2.45 bits per heavy atom. The summed E-state index contributed by atoms with van der Waals surface area (Å²) in [6, 6.07) is 13.0. The molecule has 4 rings (SSSR count). The molecule has 1 N–H and O–H groups in total. The number of amides is 2. The van der Waals surface area contributed by atoms with E-state index in [0.717, 1.165) is 24.8 Å². The summed E-state index contributed by atoms with van der Waals surface area (Å²) in [5.74, 6) is -1.09. The maximum Gasteiger partial charge on any atom is 0.342 e. The van der Waals surface area contributed by atoms with Gasteiger partial charge in [-0.15, -0.1) is 22.7 Å². The van der Waals surface area contributed by atoms with E-state index in [1.807, 2.05) is 41.1 Å². The summed E-state index contributed by atoms with van der Waals surface area (Å²) in [6.45, 7) is 1.10. The molecular formula is C23H22N2O4S2. The first-order chi connectivity index (χ1) is 15.1. The molecule has 0 radical (unpaired) electrons. The molecule has 1 saturated heterocycles. The van der Waals surface area contributed by atoms with Gasteiger partial charge in [-0.25, -0.2) is 4.79 Å². The highest BCUT2D eigenvalue weighted by atomic mass is 32.1. The highest BCUT2D eigenvalue weighted by Crippen LogP contribution is 2.36. The van der Waals surface area contributed by atoms with E-state index < -0.39 is 5.97 Å². The predicted octanol–water partition coefficient (Wildman–Crippen LogP) is 4.90. The first kappa shape index (κ1) is 21.3. The van der Waals surface area contributed by atoms with E-state index in [0.29, 0.717) is 28.5 Å². The van der Waals surface area contributed by atoms with Gasteiger partial charge in [0.1, 0.15) is 10.6 Å². The van der Waals surface area contributed by atoms with E-state index in [2.05, 4.69) is 5.32 Å². The summed E-state index contributed by atoms with van der Waals surface area (Å²) in [5.41, 5.74) is 1.78. The van der Waals surface area contributed by atoms with E-state index in [1.165, 1.54) is 22.7 Å². The molecule has 8 heteroatoms. The minimum Gasteiger partial charge on any atom is -0.452 e. The average Bonchev–Trinajstić information content (AvgIpc) is 3.49. The number of nitrogens with zero attached hydrogens (tertiary/aromatic N) is 1. The minimum absolute atomic E-state index is 0.186. The third-order valence-corrected chi connectivity index (χ3v) is 6.85. The summed E-state index contributed by atoms with van der Waals surface area (Å²) >= 11 is 2.59. The van der Waals surface area contributed by atoms with Gasteiger partial charge in [0, 0.05) is 24.0 Å². The van der Waals surface area contributed by atoms with E-state index in [9.17, 15) is 14.4 Å². The molecule has 0 aliphatic carbocycles. The van der Waals surface area contributed by atoms with Crippen LogP contribution in [0.25, 0.3) is 11.1 Å². The summed E-state index contributed by atoms with van der Waals surface area (Å²) < 4.78 is 5.40. The maximum absolute atomic E-state index is 13.0. The fourth-order valence-corrected chi connectivity index (χ4v) is 5.06. The Bertz CT molecular complexity index is 1050. The lowest BCUT2D eigenvalue weighted by atomic mass is 10.0. The zero-order valence-electron chi connectivity index (χ0n) is 16.8. The molecule has 6 nitrogen and oxygen atoms in total. The quantitative estimate of drug-likeness (QED) is 0.538. The van der Waals surface area contributed by atoms with Crippen LogP contribution in [0.1, 0.15) is 39.3 Å². The average molecular weight is 455 g/mol. The summed E-state index contributed by atoms with van der Waals surface area (Å²) in [5, 5.41) is 6.88. The Balaban J connectivity index is 1.55. The number of rotatable bonds is 6. The Morgan fingerprint density at radius 1 is 0.968 bits per heavy atom. The zero-order valence-corrected chi connectivity index (χ0v) is 18.5. The molecule has 1 aromatic carbocycles. The van der Waals surface area contributed by atoms with Crippen LogP contribution in [0.3, 0.4) is 0 Å². The number of likely N-dealkylation sites (tertiary alicyclic amines) is 1. The number of nitrogens with one attached hydrogen (secondary N) is 1. The van der Waals surface area contributed by atoms with Gasteiger partial charge in [0.25, 0.3) is 11.8 Å². The van der Waals surface area contributed by atoms with Crippen LogP contribution >= 0.6 is 22.7 Å². The predicted molar refractivity (Wildman–Crippen MR) is 123 cm³/mol. The van der Waals surface area contributed by atoms with Crippen molar-refractivity contribution >= 4 is 45.5 Å². The minimum atomic E-state index is -0.619. The van der Waals surface area contributed by atoms with Crippen molar-refractivity contribution in [2.45, 2.75) is 19.3 Å². The number of carbonyl (C=O) groups excluding carboxylic acids is 3. The van der Waals surface area contributed by atoms with Crippen LogP contribution in [0.2, 0.25) is 0 Å². The molecule has 0 unspecified atom stereocenters. The number of anilines is 1. The van der Waals surface area contributed by atoms with Gasteiger partial charge >= 0.3 is 5.97 Å². The number of carbonyl (C=O) groups is 3. The molecule has 2 aromatic heterocycles. The van der Waals surface area contributed by atoms with Gasteiger partial charge in [0.05, 0.1) is 4.88 Å².